The molecule has 100 valence electrons. The van der Waals surface area contributed by atoms with Crippen LogP contribution < -0.4 is 5.32 Å². The largest absolute Gasteiger partial charge is 0.316 e. The van der Waals surface area contributed by atoms with Crippen LogP contribution in [-0.2, 0) is 0 Å². The van der Waals surface area contributed by atoms with Crippen molar-refractivity contribution >= 4 is 11.8 Å². The highest BCUT2D eigenvalue weighted by Gasteiger charge is 2.26. The minimum absolute atomic E-state index is 0.630. The Morgan fingerprint density at radius 2 is 2.22 bits per heavy atom. The van der Waals surface area contributed by atoms with Crippen molar-refractivity contribution in [1.82, 2.24) is 15.1 Å². The smallest absolute Gasteiger partial charge is 0.0631 e. The van der Waals surface area contributed by atoms with Crippen molar-refractivity contribution in [2.75, 3.05) is 24.6 Å². The van der Waals surface area contributed by atoms with E-state index in [9.17, 15) is 0 Å². The third-order valence-corrected chi connectivity index (χ3v) is 5.53. The number of nitrogens with zero attached hydrogens (tertiary/aromatic N) is 2. The highest BCUT2D eigenvalue weighted by Crippen LogP contribution is 2.33. The first-order chi connectivity index (χ1) is 8.77. The predicted octanol–water partition coefficient (Wildman–Crippen LogP) is 2.64. The van der Waals surface area contributed by atoms with Gasteiger partial charge < -0.3 is 5.32 Å². The molecule has 0 bridgehead atoms. The number of aromatic nitrogens is 2. The molecule has 0 radical (unpaired) electrons. The molecule has 4 heteroatoms. The monoisotopic (exact) mass is 265 g/mol. The molecule has 0 amide bonds. The summed E-state index contributed by atoms with van der Waals surface area (Å²) in [7, 11) is 0. The fourth-order valence-electron chi connectivity index (χ4n) is 3.44. The molecule has 3 nitrogen and oxygen atoms in total. The molecule has 2 fully saturated rings. The Morgan fingerprint density at radius 3 is 2.89 bits per heavy atom. The van der Waals surface area contributed by atoms with Crippen molar-refractivity contribution < 1.29 is 0 Å². The molecule has 2 saturated heterocycles. The molecule has 2 aliphatic rings. The topological polar surface area (TPSA) is 29.9 Å². The molecule has 2 unspecified atom stereocenters. The maximum absolute atomic E-state index is 4.85. The SMILES string of the molecule is Cc1nn(C2CCCSC2)c(C)c1C1CCNC1. The van der Waals surface area contributed by atoms with E-state index in [4.69, 9.17) is 5.10 Å². The standard InChI is InChI=1S/C14H23N3S/c1-10-14(12-5-6-15-8-12)11(2)17(16-10)13-4-3-7-18-9-13/h12-13,15H,3-9H2,1-2H3. The van der Waals surface area contributed by atoms with Crippen LogP contribution in [0.2, 0.25) is 0 Å². The average molecular weight is 265 g/mol. The minimum Gasteiger partial charge on any atom is -0.316 e. The zero-order valence-corrected chi connectivity index (χ0v) is 12.2. The lowest BCUT2D eigenvalue weighted by Crippen LogP contribution is -2.19. The normalized spacial score (nSPS) is 28.8. The molecule has 1 aromatic rings. The molecule has 0 saturated carbocycles. The molecule has 1 aromatic heterocycles. The number of thioether (sulfide) groups is 1. The molecule has 2 aliphatic heterocycles. The second kappa shape index (κ2) is 5.25. The van der Waals surface area contributed by atoms with Crippen LogP contribution in [0.1, 0.15) is 48.2 Å². The Morgan fingerprint density at radius 1 is 1.33 bits per heavy atom. The first kappa shape index (κ1) is 12.5. The van der Waals surface area contributed by atoms with Crippen LogP contribution in [0.3, 0.4) is 0 Å². The Balaban J connectivity index is 1.89. The summed E-state index contributed by atoms with van der Waals surface area (Å²) in [5, 5.41) is 8.33. The van der Waals surface area contributed by atoms with Gasteiger partial charge in [-0.1, -0.05) is 0 Å². The van der Waals surface area contributed by atoms with E-state index in [1.165, 1.54) is 47.7 Å². The van der Waals surface area contributed by atoms with E-state index in [-0.39, 0.29) is 0 Å². The van der Waals surface area contributed by atoms with Crippen LogP contribution in [0.25, 0.3) is 0 Å². The van der Waals surface area contributed by atoms with E-state index in [0.717, 1.165) is 13.1 Å². The highest BCUT2D eigenvalue weighted by molar-refractivity contribution is 7.99. The Bertz CT molecular complexity index is 415. The molecule has 3 rings (SSSR count). The van der Waals surface area contributed by atoms with E-state index >= 15 is 0 Å². The van der Waals surface area contributed by atoms with E-state index in [2.05, 4.69) is 35.6 Å². The molecule has 1 N–H and O–H groups in total. The van der Waals surface area contributed by atoms with Crippen LogP contribution in [0, 0.1) is 13.8 Å². The maximum atomic E-state index is 4.85. The summed E-state index contributed by atoms with van der Waals surface area (Å²) in [6.07, 6.45) is 3.91. The summed E-state index contributed by atoms with van der Waals surface area (Å²) >= 11 is 2.08. The fraction of sp³-hybridized carbons (Fsp3) is 0.786. The number of nitrogens with one attached hydrogen (secondary N) is 1. The summed E-state index contributed by atoms with van der Waals surface area (Å²) < 4.78 is 2.33. The van der Waals surface area contributed by atoms with Gasteiger partial charge in [0.05, 0.1) is 11.7 Å². The average Bonchev–Trinajstić information content (AvgIpc) is 2.99. The number of aryl methyl sites for hydroxylation is 1. The third kappa shape index (κ3) is 2.21. The Hall–Kier alpha value is -0.480. The van der Waals surface area contributed by atoms with Gasteiger partial charge in [-0.25, -0.2) is 0 Å². The number of hydrogen-bond donors (Lipinski definition) is 1. The lowest BCUT2D eigenvalue weighted by atomic mass is 9.96. The van der Waals surface area contributed by atoms with Crippen molar-refractivity contribution in [1.29, 1.82) is 0 Å². The van der Waals surface area contributed by atoms with Gasteiger partial charge >= 0.3 is 0 Å². The Labute approximate surface area is 114 Å². The maximum Gasteiger partial charge on any atom is 0.0631 e. The van der Waals surface area contributed by atoms with Crippen molar-refractivity contribution in [2.45, 2.75) is 45.1 Å². The molecule has 18 heavy (non-hydrogen) atoms. The number of hydrogen-bond acceptors (Lipinski definition) is 3. The van der Waals surface area contributed by atoms with Gasteiger partial charge in [-0.15, -0.1) is 0 Å². The molecule has 0 aromatic carbocycles. The molecule has 0 aliphatic carbocycles. The summed E-state index contributed by atoms with van der Waals surface area (Å²) in [5.74, 6) is 3.26. The third-order valence-electron chi connectivity index (χ3n) is 4.33. The zero-order chi connectivity index (χ0) is 12.5. The summed E-state index contributed by atoms with van der Waals surface area (Å²) in [4.78, 5) is 0. The summed E-state index contributed by atoms with van der Waals surface area (Å²) in [6.45, 7) is 6.75. The van der Waals surface area contributed by atoms with Gasteiger partial charge in [0.25, 0.3) is 0 Å². The molecule has 2 atom stereocenters. The predicted molar refractivity (Wildman–Crippen MR) is 77.5 cm³/mol. The summed E-state index contributed by atoms with van der Waals surface area (Å²) in [5.41, 5.74) is 4.21. The van der Waals surface area contributed by atoms with Crippen LogP contribution >= 0.6 is 11.8 Å². The quantitative estimate of drug-likeness (QED) is 0.891. The van der Waals surface area contributed by atoms with Crippen molar-refractivity contribution in [3.8, 4) is 0 Å². The second-order valence-electron chi connectivity index (χ2n) is 5.59. The molecule has 3 heterocycles. The van der Waals surface area contributed by atoms with E-state index in [1.54, 1.807) is 0 Å². The van der Waals surface area contributed by atoms with Crippen molar-refractivity contribution in [3.05, 3.63) is 17.0 Å². The van der Waals surface area contributed by atoms with Gasteiger partial charge in [-0.3, -0.25) is 4.68 Å². The number of rotatable bonds is 2. The van der Waals surface area contributed by atoms with Crippen LogP contribution in [0.15, 0.2) is 0 Å². The van der Waals surface area contributed by atoms with Gasteiger partial charge in [-0.05, 0) is 45.4 Å². The lowest BCUT2D eigenvalue weighted by Gasteiger charge is -2.23. The van der Waals surface area contributed by atoms with E-state index in [0.29, 0.717) is 12.0 Å². The summed E-state index contributed by atoms with van der Waals surface area (Å²) in [6, 6.07) is 0.630. The van der Waals surface area contributed by atoms with Gasteiger partial charge in [0.1, 0.15) is 0 Å². The van der Waals surface area contributed by atoms with Gasteiger partial charge in [0, 0.05) is 29.5 Å². The van der Waals surface area contributed by atoms with Crippen LogP contribution in [0.5, 0.6) is 0 Å². The van der Waals surface area contributed by atoms with E-state index < -0.39 is 0 Å². The first-order valence-corrected chi connectivity index (χ1v) is 8.27. The van der Waals surface area contributed by atoms with E-state index in [1.807, 2.05) is 0 Å². The van der Waals surface area contributed by atoms with Gasteiger partial charge in [0.2, 0.25) is 0 Å². The van der Waals surface area contributed by atoms with Crippen molar-refractivity contribution in [3.63, 3.8) is 0 Å². The molecular weight excluding hydrogens is 242 g/mol. The van der Waals surface area contributed by atoms with Gasteiger partial charge in [0.15, 0.2) is 0 Å². The minimum atomic E-state index is 0.630. The fourth-order valence-corrected chi connectivity index (χ4v) is 4.56. The zero-order valence-electron chi connectivity index (χ0n) is 11.4. The van der Waals surface area contributed by atoms with Crippen LogP contribution in [0.4, 0.5) is 0 Å². The molecular formula is C14H23N3S. The van der Waals surface area contributed by atoms with Crippen molar-refractivity contribution in [2.24, 2.45) is 0 Å². The lowest BCUT2D eigenvalue weighted by molar-refractivity contribution is 0.443. The highest BCUT2D eigenvalue weighted by atomic mass is 32.2. The second-order valence-corrected chi connectivity index (χ2v) is 6.74. The Kier molecular flexibility index (Phi) is 3.66. The van der Waals surface area contributed by atoms with Gasteiger partial charge in [-0.2, -0.15) is 16.9 Å². The van der Waals surface area contributed by atoms with Crippen LogP contribution in [-0.4, -0.2) is 34.4 Å². The molecule has 0 spiro atoms. The first-order valence-electron chi connectivity index (χ1n) is 7.11.